The number of aliphatic hydroxyl groups excluding tert-OH is 2. The molecule has 0 aromatic carbocycles. The van der Waals surface area contributed by atoms with Crippen molar-refractivity contribution in [1.82, 2.24) is 0 Å². The normalized spacial score (nSPS) is 32.4. The zero-order valence-corrected chi connectivity index (χ0v) is 10.2. The van der Waals surface area contributed by atoms with E-state index in [0.717, 1.165) is 11.1 Å². The molecule has 0 aromatic heterocycles. The summed E-state index contributed by atoms with van der Waals surface area (Å²) in [7, 11) is 1.82. The summed E-state index contributed by atoms with van der Waals surface area (Å²) in [6.07, 6.45) is 0. The maximum Gasteiger partial charge on any atom is 0.133 e. The molecule has 0 bridgehead atoms. The van der Waals surface area contributed by atoms with Gasteiger partial charge < -0.3 is 10.2 Å². The molecule has 1 rings (SSSR count). The molecule has 0 radical (unpaired) electrons. The van der Waals surface area contributed by atoms with Crippen LogP contribution in [0.3, 0.4) is 0 Å². The standard InChI is InChI=1S/C10H17BO2S/c1-5-6(2)8(13)10(11,14)9(3,4)7(5)12/h12-14H,11H2,1-4H3. The monoisotopic (exact) mass is 212 g/mol. The third-order valence-corrected chi connectivity index (χ3v) is 4.31. The fraction of sp³-hybridized carbons (Fsp3) is 0.600. The van der Waals surface area contributed by atoms with Crippen LogP contribution in [0, 0.1) is 5.41 Å². The SMILES string of the molecule is BC1(S)C(O)=C(C)C(C)=C(O)C1(C)C. The molecule has 0 heterocycles. The van der Waals surface area contributed by atoms with Gasteiger partial charge in [-0.1, -0.05) is 13.8 Å². The molecule has 0 saturated heterocycles. The summed E-state index contributed by atoms with van der Waals surface area (Å²) in [6, 6.07) is 0. The fourth-order valence-corrected chi connectivity index (χ4v) is 1.99. The van der Waals surface area contributed by atoms with Crippen molar-refractivity contribution in [3.05, 3.63) is 22.7 Å². The van der Waals surface area contributed by atoms with Gasteiger partial charge in [0.25, 0.3) is 0 Å². The molecule has 1 atom stereocenters. The predicted octanol–water partition coefficient (Wildman–Crippen LogP) is 1.95. The maximum absolute atomic E-state index is 10.0. The maximum atomic E-state index is 10.0. The first-order valence-electron chi connectivity index (χ1n) is 4.67. The van der Waals surface area contributed by atoms with Crippen LogP contribution in [0.25, 0.3) is 0 Å². The Labute approximate surface area is 91.5 Å². The van der Waals surface area contributed by atoms with Gasteiger partial charge in [-0.2, -0.15) is 12.6 Å². The van der Waals surface area contributed by atoms with Gasteiger partial charge in [0, 0.05) is 10.1 Å². The average Bonchev–Trinajstić information content (AvgIpc) is 2.10. The van der Waals surface area contributed by atoms with Crippen LogP contribution < -0.4 is 0 Å². The summed E-state index contributed by atoms with van der Waals surface area (Å²) in [5.74, 6) is 0.562. The van der Waals surface area contributed by atoms with E-state index in [1.165, 1.54) is 0 Å². The predicted molar refractivity (Wildman–Crippen MR) is 64.7 cm³/mol. The lowest BCUT2D eigenvalue weighted by Gasteiger charge is -2.44. The summed E-state index contributed by atoms with van der Waals surface area (Å²) < 4.78 is -0.722. The molecule has 0 aliphatic heterocycles. The Hall–Kier alpha value is -0.505. The van der Waals surface area contributed by atoms with Gasteiger partial charge in [0.15, 0.2) is 0 Å². The zero-order valence-electron chi connectivity index (χ0n) is 9.34. The lowest BCUT2D eigenvalue weighted by molar-refractivity contribution is 0.205. The molecule has 1 aliphatic carbocycles. The van der Waals surface area contributed by atoms with Crippen molar-refractivity contribution < 1.29 is 10.2 Å². The topological polar surface area (TPSA) is 40.5 Å². The first-order valence-corrected chi connectivity index (χ1v) is 5.12. The molecule has 78 valence electrons. The molecule has 0 fully saturated rings. The van der Waals surface area contributed by atoms with Gasteiger partial charge in [0.1, 0.15) is 19.4 Å². The Morgan fingerprint density at radius 1 is 1.07 bits per heavy atom. The molecular weight excluding hydrogens is 195 g/mol. The van der Waals surface area contributed by atoms with Crippen molar-refractivity contribution in [2.45, 2.75) is 32.3 Å². The van der Waals surface area contributed by atoms with E-state index >= 15 is 0 Å². The van der Waals surface area contributed by atoms with Gasteiger partial charge in [0.05, 0.1) is 0 Å². The van der Waals surface area contributed by atoms with Crippen LogP contribution in [-0.2, 0) is 0 Å². The van der Waals surface area contributed by atoms with Gasteiger partial charge in [-0.3, -0.25) is 0 Å². The van der Waals surface area contributed by atoms with E-state index in [1.54, 1.807) is 6.92 Å². The average molecular weight is 212 g/mol. The van der Waals surface area contributed by atoms with E-state index in [9.17, 15) is 10.2 Å². The van der Waals surface area contributed by atoms with Crippen LogP contribution in [0.2, 0.25) is 0 Å². The van der Waals surface area contributed by atoms with Gasteiger partial charge in [-0.15, -0.1) is 0 Å². The van der Waals surface area contributed by atoms with Gasteiger partial charge in [0.2, 0.25) is 0 Å². The van der Waals surface area contributed by atoms with Crippen molar-refractivity contribution >= 4 is 20.5 Å². The van der Waals surface area contributed by atoms with Gasteiger partial charge in [-0.25, -0.2) is 0 Å². The van der Waals surface area contributed by atoms with Gasteiger partial charge in [-0.05, 0) is 25.0 Å². The van der Waals surface area contributed by atoms with E-state index in [1.807, 2.05) is 28.6 Å². The molecule has 0 saturated carbocycles. The van der Waals surface area contributed by atoms with E-state index < -0.39 is 10.1 Å². The summed E-state index contributed by atoms with van der Waals surface area (Å²) in [5.41, 5.74) is 0.919. The Morgan fingerprint density at radius 3 is 1.86 bits per heavy atom. The third kappa shape index (κ3) is 1.20. The minimum atomic E-state index is -0.722. The largest absolute Gasteiger partial charge is 0.511 e. The molecule has 4 heteroatoms. The van der Waals surface area contributed by atoms with Crippen LogP contribution >= 0.6 is 12.6 Å². The quantitative estimate of drug-likeness (QED) is 0.424. The van der Waals surface area contributed by atoms with Crippen molar-refractivity contribution in [2.75, 3.05) is 0 Å². The molecule has 14 heavy (non-hydrogen) atoms. The molecule has 0 aromatic rings. The first-order chi connectivity index (χ1) is 6.14. The molecule has 2 N–H and O–H groups in total. The number of hydrogen-bond donors (Lipinski definition) is 3. The highest BCUT2D eigenvalue weighted by atomic mass is 32.1. The van der Waals surface area contributed by atoms with Crippen LogP contribution in [0.4, 0.5) is 0 Å². The second-order valence-electron chi connectivity index (χ2n) is 4.64. The Morgan fingerprint density at radius 2 is 1.43 bits per heavy atom. The minimum Gasteiger partial charge on any atom is -0.511 e. The number of hydrogen-bond acceptors (Lipinski definition) is 3. The van der Waals surface area contributed by atoms with Crippen LogP contribution in [-0.4, -0.2) is 22.7 Å². The van der Waals surface area contributed by atoms with Crippen LogP contribution in [0.15, 0.2) is 22.7 Å². The number of allylic oxidation sites excluding steroid dienone is 3. The Kier molecular flexibility index (Phi) is 2.47. The lowest BCUT2D eigenvalue weighted by Crippen LogP contribution is -2.46. The second-order valence-corrected chi connectivity index (χ2v) is 5.54. The summed E-state index contributed by atoms with van der Waals surface area (Å²) in [6.45, 7) is 7.36. The number of aliphatic hydroxyl groups is 2. The minimum absolute atomic E-state index is 0.251. The van der Waals surface area contributed by atoms with Crippen molar-refractivity contribution in [3.8, 4) is 0 Å². The highest BCUT2D eigenvalue weighted by Crippen LogP contribution is 2.49. The summed E-state index contributed by atoms with van der Waals surface area (Å²) >= 11 is 4.45. The molecule has 1 unspecified atom stereocenters. The number of rotatable bonds is 0. The summed E-state index contributed by atoms with van der Waals surface area (Å²) in [5, 5.41) is 20.0. The van der Waals surface area contributed by atoms with E-state index in [0.29, 0.717) is 5.76 Å². The first kappa shape index (κ1) is 11.6. The second kappa shape index (κ2) is 2.99. The Bertz CT molecular complexity index is 306. The molecule has 0 amide bonds. The molecular formula is C10H17BO2S. The fourth-order valence-electron chi connectivity index (χ4n) is 1.72. The van der Waals surface area contributed by atoms with E-state index in [4.69, 9.17) is 0 Å². The number of thiol groups is 1. The smallest absolute Gasteiger partial charge is 0.133 e. The van der Waals surface area contributed by atoms with E-state index in [-0.39, 0.29) is 5.76 Å². The zero-order chi connectivity index (χ0) is 11.3. The molecule has 1 aliphatic rings. The van der Waals surface area contributed by atoms with Crippen molar-refractivity contribution in [2.24, 2.45) is 5.41 Å². The summed E-state index contributed by atoms with van der Waals surface area (Å²) in [4.78, 5) is 0. The molecule has 0 spiro atoms. The van der Waals surface area contributed by atoms with Crippen molar-refractivity contribution in [3.63, 3.8) is 0 Å². The molecule has 2 nitrogen and oxygen atoms in total. The van der Waals surface area contributed by atoms with Gasteiger partial charge >= 0.3 is 0 Å². The van der Waals surface area contributed by atoms with Crippen LogP contribution in [0.5, 0.6) is 0 Å². The van der Waals surface area contributed by atoms with E-state index in [2.05, 4.69) is 12.6 Å². The Balaban J connectivity index is 3.48. The lowest BCUT2D eigenvalue weighted by atomic mass is 9.60. The highest BCUT2D eigenvalue weighted by Gasteiger charge is 2.48. The highest BCUT2D eigenvalue weighted by molar-refractivity contribution is 7.83. The van der Waals surface area contributed by atoms with Crippen molar-refractivity contribution in [1.29, 1.82) is 0 Å². The third-order valence-electron chi connectivity index (χ3n) is 3.54. The van der Waals surface area contributed by atoms with Crippen LogP contribution in [0.1, 0.15) is 27.7 Å².